The van der Waals surface area contributed by atoms with Crippen molar-refractivity contribution in [2.24, 2.45) is 0 Å². The SMILES string of the molecule is C=CC(=O)Nc1cc(N)nc(Sc2c(OC)nc(N3CCN(C)CC3)nc2OCCOCCOCCOCCOC(=O)CCCC[C@H]2SC[C@H]3NC(=O)N[C@H]32)n1. The van der Waals surface area contributed by atoms with E-state index in [1.165, 1.54) is 13.2 Å². The summed E-state index contributed by atoms with van der Waals surface area (Å²) in [6.07, 6.45) is 4.13. The van der Waals surface area contributed by atoms with Gasteiger partial charge in [0.1, 0.15) is 29.7 Å². The van der Waals surface area contributed by atoms with Gasteiger partial charge in [0.15, 0.2) is 5.16 Å². The molecule has 0 aromatic carbocycles. The predicted octanol–water partition coefficient (Wildman–Crippen LogP) is 1.58. The van der Waals surface area contributed by atoms with Crippen LogP contribution < -0.4 is 36.1 Å². The smallest absolute Gasteiger partial charge is 0.315 e. The van der Waals surface area contributed by atoms with Gasteiger partial charge in [-0.15, -0.1) is 0 Å². The fraction of sp³-hybridized carbons (Fsp3) is 0.629. The summed E-state index contributed by atoms with van der Waals surface area (Å²) in [4.78, 5) is 58.3. The Morgan fingerprint density at radius 3 is 2.39 bits per heavy atom. The molecule has 0 radical (unpaired) electrons. The first-order valence-corrected chi connectivity index (χ1v) is 20.4. The number of hydrogen-bond donors (Lipinski definition) is 4. The first-order chi connectivity index (χ1) is 27.2. The number of anilines is 3. The quantitative estimate of drug-likeness (QED) is 0.0388. The van der Waals surface area contributed by atoms with Crippen LogP contribution in [0.2, 0.25) is 0 Å². The number of fused-ring (bicyclic) bond motifs is 1. The maximum atomic E-state index is 12.1. The molecule has 3 fully saturated rings. The topological polar surface area (TPSA) is 227 Å². The molecule has 56 heavy (non-hydrogen) atoms. The van der Waals surface area contributed by atoms with E-state index in [-0.39, 0.29) is 72.5 Å². The highest BCUT2D eigenvalue weighted by molar-refractivity contribution is 8.00. The zero-order valence-corrected chi connectivity index (χ0v) is 33.5. The van der Waals surface area contributed by atoms with Gasteiger partial charge in [-0.2, -0.15) is 21.7 Å². The number of unbranched alkanes of at least 4 members (excludes halogenated alkanes) is 1. The molecule has 0 bridgehead atoms. The van der Waals surface area contributed by atoms with Gasteiger partial charge in [-0.1, -0.05) is 13.0 Å². The molecule has 21 heteroatoms. The van der Waals surface area contributed by atoms with Crippen molar-refractivity contribution in [1.29, 1.82) is 0 Å². The van der Waals surface area contributed by atoms with E-state index in [1.807, 2.05) is 11.8 Å². The van der Waals surface area contributed by atoms with Gasteiger partial charge in [-0.25, -0.2) is 14.8 Å². The van der Waals surface area contributed by atoms with Crippen molar-refractivity contribution in [3.8, 4) is 11.8 Å². The van der Waals surface area contributed by atoms with E-state index in [1.54, 1.807) is 0 Å². The average molecular weight is 821 g/mol. The number of hydrogen-bond acceptors (Lipinski definition) is 18. The number of aromatic nitrogens is 4. The van der Waals surface area contributed by atoms with Crippen LogP contribution in [0.25, 0.3) is 0 Å². The number of likely N-dealkylation sites (N-methyl/N-ethyl adjacent to an activating group) is 1. The van der Waals surface area contributed by atoms with Crippen LogP contribution in [0.5, 0.6) is 11.8 Å². The molecule has 3 aliphatic rings. The van der Waals surface area contributed by atoms with Gasteiger partial charge in [-0.3, -0.25) is 9.59 Å². The molecule has 5 rings (SSSR count). The Morgan fingerprint density at radius 2 is 1.68 bits per heavy atom. The molecular weight excluding hydrogens is 769 g/mol. The van der Waals surface area contributed by atoms with Crippen LogP contribution in [0, 0.1) is 0 Å². The third-order valence-corrected chi connectivity index (χ3v) is 11.3. The number of methoxy groups -OCH3 is 1. The zero-order valence-electron chi connectivity index (χ0n) is 31.9. The number of carbonyl (C=O) groups excluding carboxylic acids is 3. The number of rotatable bonds is 24. The summed E-state index contributed by atoms with van der Waals surface area (Å²) >= 11 is 2.96. The van der Waals surface area contributed by atoms with Gasteiger partial charge in [0, 0.05) is 49.7 Å². The number of piperazine rings is 1. The highest BCUT2D eigenvalue weighted by atomic mass is 32.2. The molecular formula is C35H52N10O9S2. The largest absolute Gasteiger partial charge is 0.480 e. The number of nitrogen functional groups attached to an aromatic ring is 1. The fourth-order valence-electron chi connectivity index (χ4n) is 5.98. The lowest BCUT2D eigenvalue weighted by Crippen LogP contribution is -2.45. The average Bonchev–Trinajstić information content (AvgIpc) is 3.74. The molecule has 0 saturated carbocycles. The normalized spacial score (nSPS) is 19.2. The second kappa shape index (κ2) is 22.6. The van der Waals surface area contributed by atoms with Gasteiger partial charge < -0.3 is 59.9 Å². The molecule has 2 aromatic heterocycles. The lowest BCUT2D eigenvalue weighted by atomic mass is 10.0. The Kier molecular flexibility index (Phi) is 17.3. The Labute approximate surface area is 334 Å². The van der Waals surface area contributed by atoms with Crippen LogP contribution in [0.1, 0.15) is 25.7 Å². The van der Waals surface area contributed by atoms with E-state index in [9.17, 15) is 14.4 Å². The van der Waals surface area contributed by atoms with E-state index >= 15 is 0 Å². The lowest BCUT2D eigenvalue weighted by Gasteiger charge is -2.32. The van der Waals surface area contributed by atoms with Crippen molar-refractivity contribution in [3.05, 3.63) is 18.7 Å². The lowest BCUT2D eigenvalue weighted by molar-refractivity contribution is -0.145. The number of amides is 3. The van der Waals surface area contributed by atoms with Crippen molar-refractivity contribution in [2.45, 2.75) is 53.1 Å². The minimum atomic E-state index is -0.439. The summed E-state index contributed by atoms with van der Waals surface area (Å²) in [5.74, 6) is 1.62. The molecule has 19 nitrogen and oxygen atoms in total. The van der Waals surface area contributed by atoms with Crippen molar-refractivity contribution >= 4 is 59.0 Å². The molecule has 3 atom stereocenters. The Balaban J connectivity index is 0.966. The van der Waals surface area contributed by atoms with Crippen LogP contribution >= 0.6 is 23.5 Å². The maximum Gasteiger partial charge on any atom is 0.315 e. The van der Waals surface area contributed by atoms with Crippen LogP contribution in [-0.4, -0.2) is 159 Å². The van der Waals surface area contributed by atoms with E-state index in [0.717, 1.165) is 69.0 Å². The molecule has 3 saturated heterocycles. The van der Waals surface area contributed by atoms with Crippen molar-refractivity contribution in [1.82, 2.24) is 35.5 Å². The third-order valence-electron chi connectivity index (χ3n) is 8.89. The van der Waals surface area contributed by atoms with Gasteiger partial charge >= 0.3 is 12.0 Å². The summed E-state index contributed by atoms with van der Waals surface area (Å²) in [5, 5.41) is 9.14. The van der Waals surface area contributed by atoms with Crippen LogP contribution in [0.4, 0.5) is 22.4 Å². The molecule has 308 valence electrons. The number of ether oxygens (including phenoxy) is 6. The highest BCUT2D eigenvalue weighted by Crippen LogP contribution is 2.40. The first-order valence-electron chi connectivity index (χ1n) is 18.6. The van der Waals surface area contributed by atoms with Crippen LogP contribution in [0.15, 0.2) is 28.8 Å². The third kappa shape index (κ3) is 13.5. The molecule has 0 unspecified atom stereocenters. The fourth-order valence-corrected chi connectivity index (χ4v) is 8.41. The Morgan fingerprint density at radius 1 is 0.982 bits per heavy atom. The van der Waals surface area contributed by atoms with Gasteiger partial charge in [0.25, 0.3) is 0 Å². The van der Waals surface area contributed by atoms with Crippen LogP contribution in [0.3, 0.4) is 0 Å². The molecule has 3 amide bonds. The van der Waals surface area contributed by atoms with Gasteiger partial charge in [-0.05, 0) is 37.7 Å². The second-order valence-electron chi connectivity index (χ2n) is 13.0. The number of nitrogens with zero attached hydrogens (tertiary/aromatic N) is 6. The summed E-state index contributed by atoms with van der Waals surface area (Å²) in [6, 6.07) is 1.76. The minimum absolute atomic E-state index is 0.0830. The predicted molar refractivity (Wildman–Crippen MR) is 211 cm³/mol. The standard InChI is InChI=1S/C35H52N10O9S2/c1-4-27(46)39-26-21-25(36)38-35(40-26)56-30-31(49-3)42-33(45-11-9-44(2)10-12-45)43-32(30)54-20-18-52-16-14-50-13-15-51-17-19-53-28(47)8-6-5-7-24-29-23(22-55-24)37-34(48)41-29/h4,21,23-24,29H,1,5-20,22H2,2-3H3,(H2,37,41,48)(H3,36,38,39,40,46)/t23-,24-,29-/m1/s1. The van der Waals surface area contributed by atoms with E-state index in [2.05, 4.69) is 54.3 Å². The van der Waals surface area contributed by atoms with Gasteiger partial charge in [0.05, 0.1) is 58.8 Å². The number of nitrogens with one attached hydrogen (secondary N) is 3. The zero-order chi connectivity index (χ0) is 39.7. The van der Waals surface area contributed by atoms with E-state index in [0.29, 0.717) is 55.5 Å². The number of nitrogens with two attached hydrogens (primary N) is 1. The number of urea groups is 1. The van der Waals surface area contributed by atoms with Crippen molar-refractivity contribution in [2.75, 3.05) is 115 Å². The number of carbonyl (C=O) groups is 3. The molecule has 5 heterocycles. The molecule has 0 aliphatic carbocycles. The number of thioether (sulfide) groups is 1. The van der Waals surface area contributed by atoms with Crippen molar-refractivity contribution < 1.29 is 42.8 Å². The van der Waals surface area contributed by atoms with Crippen LogP contribution in [-0.2, 0) is 28.5 Å². The summed E-state index contributed by atoms with van der Waals surface area (Å²) < 4.78 is 33.9. The molecule has 5 N–H and O–H groups in total. The monoisotopic (exact) mass is 820 g/mol. The molecule has 0 spiro atoms. The number of esters is 1. The summed E-state index contributed by atoms with van der Waals surface area (Å²) in [6.45, 7) is 8.99. The summed E-state index contributed by atoms with van der Waals surface area (Å²) in [7, 11) is 3.58. The van der Waals surface area contributed by atoms with Crippen molar-refractivity contribution in [3.63, 3.8) is 0 Å². The maximum absolute atomic E-state index is 12.1. The van der Waals surface area contributed by atoms with Gasteiger partial charge in [0.2, 0.25) is 23.6 Å². The van der Waals surface area contributed by atoms with E-state index < -0.39 is 5.91 Å². The Bertz CT molecular complexity index is 1620. The molecule has 3 aliphatic heterocycles. The Hall–Kier alpha value is -4.15. The van der Waals surface area contributed by atoms with E-state index in [4.69, 9.17) is 39.1 Å². The second-order valence-corrected chi connectivity index (χ2v) is 15.2. The highest BCUT2D eigenvalue weighted by Gasteiger charge is 2.42. The first kappa shape index (κ1) is 43.0. The molecule has 2 aromatic rings. The summed E-state index contributed by atoms with van der Waals surface area (Å²) in [5.41, 5.74) is 6.00. The minimum Gasteiger partial charge on any atom is -0.480 e.